The van der Waals surface area contributed by atoms with Gasteiger partial charge in [-0.15, -0.1) is 15.0 Å². The number of benzene rings is 2. The van der Waals surface area contributed by atoms with Gasteiger partial charge in [-0.05, 0) is 41.7 Å². The number of fused-ring (bicyclic) bond motifs is 1. The number of carbonyl (C=O) groups excluding carboxylic acids is 1. The number of phenols is 1. The van der Waals surface area contributed by atoms with E-state index in [9.17, 15) is 9.90 Å². The molecule has 1 heterocycles. The summed E-state index contributed by atoms with van der Waals surface area (Å²) in [6.45, 7) is 8.74. The molecule has 3 rings (SSSR count). The normalized spacial score (nSPS) is 11.6. The van der Waals surface area contributed by atoms with E-state index in [0.29, 0.717) is 17.9 Å². The Morgan fingerprint density at radius 1 is 1.15 bits per heavy atom. The molecule has 0 bridgehead atoms. The lowest BCUT2D eigenvalue weighted by molar-refractivity contribution is 0.252. The monoisotopic (exact) mass is 367 g/mol. The van der Waals surface area contributed by atoms with Gasteiger partial charge < -0.3 is 15.7 Å². The summed E-state index contributed by atoms with van der Waals surface area (Å²) >= 11 is 0. The van der Waals surface area contributed by atoms with Gasteiger partial charge in [-0.1, -0.05) is 39.8 Å². The van der Waals surface area contributed by atoms with Crippen molar-refractivity contribution in [2.75, 3.05) is 11.9 Å². The molecule has 0 aliphatic carbocycles. The largest absolute Gasteiger partial charge is 0.504 e. The highest BCUT2D eigenvalue weighted by Gasteiger charge is 2.21. The number of aromatic nitrogens is 3. The van der Waals surface area contributed by atoms with Crippen LogP contribution in [0.3, 0.4) is 0 Å². The Balaban J connectivity index is 2.09. The van der Waals surface area contributed by atoms with Gasteiger partial charge >= 0.3 is 6.03 Å². The van der Waals surface area contributed by atoms with Crippen molar-refractivity contribution in [1.29, 1.82) is 0 Å². The molecule has 1 aromatic heterocycles. The van der Waals surface area contributed by atoms with Gasteiger partial charge in [0.25, 0.3) is 0 Å². The fourth-order valence-electron chi connectivity index (χ4n) is 2.67. The summed E-state index contributed by atoms with van der Waals surface area (Å²) in [5.41, 5.74) is 2.96. The van der Waals surface area contributed by atoms with E-state index in [1.54, 1.807) is 6.07 Å². The number of nitrogens with one attached hydrogen (secondary N) is 2. The number of nitrogens with zero attached hydrogens (tertiary/aromatic N) is 3. The maximum atomic E-state index is 12.1. The molecule has 0 spiro atoms. The summed E-state index contributed by atoms with van der Waals surface area (Å²) in [7, 11) is 0. The van der Waals surface area contributed by atoms with Crippen LogP contribution in [0.5, 0.6) is 5.75 Å². The molecule has 27 heavy (non-hydrogen) atoms. The van der Waals surface area contributed by atoms with Crippen LogP contribution in [0.1, 0.15) is 39.7 Å². The van der Waals surface area contributed by atoms with Gasteiger partial charge in [0.2, 0.25) is 0 Å². The van der Waals surface area contributed by atoms with Crippen molar-refractivity contribution in [2.24, 2.45) is 0 Å². The fourth-order valence-corrected chi connectivity index (χ4v) is 2.67. The van der Waals surface area contributed by atoms with Crippen molar-refractivity contribution in [1.82, 2.24) is 20.3 Å². The zero-order valence-electron chi connectivity index (χ0n) is 16.1. The van der Waals surface area contributed by atoms with Gasteiger partial charge in [0, 0.05) is 6.54 Å². The van der Waals surface area contributed by atoms with Crippen LogP contribution >= 0.6 is 0 Å². The van der Waals surface area contributed by atoms with E-state index in [1.165, 1.54) is 4.80 Å². The predicted octanol–water partition coefficient (Wildman–Crippen LogP) is 3.96. The van der Waals surface area contributed by atoms with Gasteiger partial charge in [0.05, 0.1) is 5.69 Å². The van der Waals surface area contributed by atoms with E-state index in [4.69, 9.17) is 0 Å². The Hall–Kier alpha value is -3.09. The molecule has 142 valence electrons. The lowest BCUT2D eigenvalue weighted by Gasteiger charge is -2.22. The van der Waals surface area contributed by atoms with Gasteiger partial charge in [-0.2, -0.15) is 0 Å². The Morgan fingerprint density at radius 3 is 2.33 bits per heavy atom. The van der Waals surface area contributed by atoms with E-state index in [2.05, 4.69) is 41.6 Å². The van der Waals surface area contributed by atoms with Crippen molar-refractivity contribution in [3.8, 4) is 11.4 Å². The maximum Gasteiger partial charge on any atom is 0.319 e. The third-order valence-electron chi connectivity index (χ3n) is 4.24. The third-order valence-corrected chi connectivity index (χ3v) is 4.24. The number of aromatic hydroxyl groups is 1. The first-order chi connectivity index (χ1) is 12.8. The molecule has 0 saturated heterocycles. The van der Waals surface area contributed by atoms with Crippen LogP contribution in [0.15, 0.2) is 36.4 Å². The topological polar surface area (TPSA) is 92.1 Å². The minimum Gasteiger partial charge on any atom is -0.504 e. The molecule has 7 heteroatoms. The smallest absolute Gasteiger partial charge is 0.319 e. The molecule has 0 atom stereocenters. The average Bonchev–Trinajstić information content (AvgIpc) is 3.04. The molecule has 0 fully saturated rings. The molecule has 0 unspecified atom stereocenters. The van der Waals surface area contributed by atoms with Crippen LogP contribution in [-0.2, 0) is 5.41 Å². The van der Waals surface area contributed by atoms with Crippen LogP contribution in [0.2, 0.25) is 0 Å². The number of anilines is 1. The molecule has 2 amide bonds. The molecule has 0 aliphatic heterocycles. The first-order valence-electron chi connectivity index (χ1n) is 9.04. The van der Waals surface area contributed by atoms with Gasteiger partial charge in [0.15, 0.2) is 5.75 Å². The summed E-state index contributed by atoms with van der Waals surface area (Å²) in [5, 5.41) is 25.2. The summed E-state index contributed by atoms with van der Waals surface area (Å²) in [6.07, 6.45) is 0.830. The Morgan fingerprint density at radius 2 is 1.78 bits per heavy atom. The van der Waals surface area contributed by atoms with E-state index in [-0.39, 0.29) is 17.2 Å². The zero-order chi connectivity index (χ0) is 19.6. The number of hydrogen-bond donors (Lipinski definition) is 3. The third kappa shape index (κ3) is 4.02. The summed E-state index contributed by atoms with van der Waals surface area (Å²) < 4.78 is 0. The number of hydrogen-bond acceptors (Lipinski definition) is 4. The van der Waals surface area contributed by atoms with Crippen LogP contribution < -0.4 is 10.6 Å². The van der Waals surface area contributed by atoms with Gasteiger partial charge in [-0.3, -0.25) is 0 Å². The lowest BCUT2D eigenvalue weighted by Crippen LogP contribution is -2.29. The summed E-state index contributed by atoms with van der Waals surface area (Å²) in [4.78, 5) is 13.5. The molecule has 3 aromatic rings. The fraction of sp³-hybridized carbons (Fsp3) is 0.350. The highest BCUT2D eigenvalue weighted by molar-refractivity contribution is 5.92. The van der Waals surface area contributed by atoms with Crippen molar-refractivity contribution in [3.05, 3.63) is 42.0 Å². The highest BCUT2D eigenvalue weighted by Crippen LogP contribution is 2.36. The summed E-state index contributed by atoms with van der Waals surface area (Å²) in [6, 6.07) is 10.8. The molecule has 0 radical (unpaired) electrons. The van der Waals surface area contributed by atoms with Crippen molar-refractivity contribution in [3.63, 3.8) is 0 Å². The van der Waals surface area contributed by atoms with Crippen molar-refractivity contribution in [2.45, 2.75) is 39.5 Å². The van der Waals surface area contributed by atoms with Crippen LogP contribution in [0.4, 0.5) is 10.5 Å². The van der Waals surface area contributed by atoms with Gasteiger partial charge in [0.1, 0.15) is 16.7 Å². The first-order valence-corrected chi connectivity index (χ1v) is 9.04. The van der Waals surface area contributed by atoms with E-state index in [0.717, 1.165) is 23.0 Å². The van der Waals surface area contributed by atoms with Crippen LogP contribution in [0.25, 0.3) is 16.7 Å². The standard InChI is InChI=1S/C20H25N5O2/c1-5-10-21-19(27)22-16-11-13(20(2,3)4)12-17(18(16)26)25-23-14-8-6-7-9-15(14)24-25/h6-9,11-12,26H,5,10H2,1-4H3,(H2,21,22,27). The van der Waals surface area contributed by atoms with E-state index >= 15 is 0 Å². The minimum atomic E-state index is -0.359. The molecule has 0 saturated carbocycles. The zero-order valence-corrected chi connectivity index (χ0v) is 16.1. The number of carbonyl (C=O) groups is 1. The van der Waals surface area contributed by atoms with E-state index in [1.807, 2.05) is 37.3 Å². The first kappa shape index (κ1) is 18.7. The molecule has 3 N–H and O–H groups in total. The Bertz CT molecular complexity index is 939. The van der Waals surface area contributed by atoms with Crippen LogP contribution in [0, 0.1) is 0 Å². The van der Waals surface area contributed by atoms with Gasteiger partial charge in [-0.25, -0.2) is 4.79 Å². The average molecular weight is 367 g/mol. The SMILES string of the molecule is CCCNC(=O)Nc1cc(C(C)(C)C)cc(-n2nc3ccccc3n2)c1O. The Kier molecular flexibility index (Phi) is 5.03. The van der Waals surface area contributed by atoms with E-state index < -0.39 is 0 Å². The quantitative estimate of drug-likeness (QED) is 0.609. The second-order valence-electron chi connectivity index (χ2n) is 7.50. The second kappa shape index (κ2) is 7.26. The highest BCUT2D eigenvalue weighted by atomic mass is 16.3. The summed E-state index contributed by atoms with van der Waals surface area (Å²) in [5.74, 6) is -0.0741. The van der Waals surface area contributed by atoms with Crippen molar-refractivity contribution < 1.29 is 9.90 Å². The molecular formula is C20H25N5O2. The molecule has 7 nitrogen and oxygen atoms in total. The lowest BCUT2D eigenvalue weighted by atomic mass is 9.86. The predicted molar refractivity (Wildman–Crippen MR) is 107 cm³/mol. The van der Waals surface area contributed by atoms with Crippen LogP contribution in [-0.4, -0.2) is 32.7 Å². The Labute approximate surface area is 158 Å². The number of rotatable bonds is 4. The molecule has 0 aliphatic rings. The molecular weight excluding hydrogens is 342 g/mol. The minimum absolute atomic E-state index is 0.0741. The number of phenolic OH excluding ortho intramolecular Hbond substituents is 1. The van der Waals surface area contributed by atoms with Crippen molar-refractivity contribution >= 4 is 22.8 Å². The second-order valence-corrected chi connectivity index (χ2v) is 7.50. The number of amides is 2. The number of urea groups is 1. The molecule has 2 aromatic carbocycles. The maximum absolute atomic E-state index is 12.1.